The second-order valence-corrected chi connectivity index (χ2v) is 5.71. The molecule has 0 aliphatic rings. The van der Waals surface area contributed by atoms with Crippen LogP contribution >= 0.6 is 31.9 Å². The standard InChI is InChI=1S/C13H10Br2N2O4/c1-6-3-9(12(18)19)17-13(16-6)21-11-5-7(14)10(20-2)4-8(11)15/h3-5H,1-2H3,(H,18,19). The molecule has 110 valence electrons. The Bertz CT molecular complexity index is 707. The molecule has 21 heavy (non-hydrogen) atoms. The molecule has 0 saturated carbocycles. The zero-order valence-electron chi connectivity index (χ0n) is 11.1. The third kappa shape index (κ3) is 3.70. The summed E-state index contributed by atoms with van der Waals surface area (Å²) in [6.45, 7) is 1.67. The van der Waals surface area contributed by atoms with Crippen LogP contribution in [-0.4, -0.2) is 28.2 Å². The van der Waals surface area contributed by atoms with Crippen molar-refractivity contribution in [3.63, 3.8) is 0 Å². The minimum Gasteiger partial charge on any atom is -0.496 e. The summed E-state index contributed by atoms with van der Waals surface area (Å²) in [5.41, 5.74) is 0.377. The number of aromatic carboxylic acids is 1. The van der Waals surface area contributed by atoms with E-state index in [9.17, 15) is 4.79 Å². The van der Waals surface area contributed by atoms with Crippen LogP contribution in [0.1, 0.15) is 16.2 Å². The lowest BCUT2D eigenvalue weighted by Gasteiger charge is -2.10. The molecular weight excluding hydrogens is 408 g/mol. The Morgan fingerprint density at radius 3 is 2.38 bits per heavy atom. The van der Waals surface area contributed by atoms with Crippen LogP contribution < -0.4 is 9.47 Å². The van der Waals surface area contributed by atoms with E-state index in [-0.39, 0.29) is 11.7 Å². The molecule has 0 aliphatic carbocycles. The lowest BCUT2D eigenvalue weighted by Crippen LogP contribution is -2.04. The van der Waals surface area contributed by atoms with E-state index in [2.05, 4.69) is 41.8 Å². The molecule has 1 aromatic carbocycles. The molecule has 1 N–H and O–H groups in total. The number of aryl methyl sites for hydroxylation is 1. The topological polar surface area (TPSA) is 81.5 Å². The van der Waals surface area contributed by atoms with Gasteiger partial charge in [0.05, 0.1) is 16.1 Å². The van der Waals surface area contributed by atoms with E-state index in [1.165, 1.54) is 6.07 Å². The minimum absolute atomic E-state index is 0.0369. The van der Waals surface area contributed by atoms with Crippen molar-refractivity contribution in [2.45, 2.75) is 6.92 Å². The fourth-order valence-corrected chi connectivity index (χ4v) is 2.43. The van der Waals surface area contributed by atoms with E-state index in [1.54, 1.807) is 26.2 Å². The molecular formula is C13H10Br2N2O4. The molecule has 0 amide bonds. The first-order valence-electron chi connectivity index (χ1n) is 5.70. The van der Waals surface area contributed by atoms with E-state index in [4.69, 9.17) is 14.6 Å². The van der Waals surface area contributed by atoms with Crippen LogP contribution in [0.2, 0.25) is 0 Å². The maximum atomic E-state index is 11.0. The number of carbonyl (C=O) groups is 1. The largest absolute Gasteiger partial charge is 0.496 e. The van der Waals surface area contributed by atoms with Crippen molar-refractivity contribution in [2.24, 2.45) is 0 Å². The molecule has 8 heteroatoms. The quantitative estimate of drug-likeness (QED) is 0.814. The molecule has 0 radical (unpaired) electrons. The molecule has 0 aliphatic heterocycles. The molecule has 0 unspecified atom stereocenters. The van der Waals surface area contributed by atoms with Gasteiger partial charge in [-0.05, 0) is 50.9 Å². The van der Waals surface area contributed by atoms with Crippen molar-refractivity contribution in [1.82, 2.24) is 9.97 Å². The maximum absolute atomic E-state index is 11.0. The van der Waals surface area contributed by atoms with Crippen LogP contribution in [0.4, 0.5) is 0 Å². The number of halogens is 2. The Balaban J connectivity index is 2.38. The number of rotatable bonds is 4. The molecule has 0 spiro atoms. The van der Waals surface area contributed by atoms with Gasteiger partial charge in [-0.2, -0.15) is 4.98 Å². The molecule has 2 rings (SSSR count). The summed E-state index contributed by atoms with van der Waals surface area (Å²) in [6, 6.07) is 4.72. The molecule has 0 bridgehead atoms. The van der Waals surface area contributed by atoms with Gasteiger partial charge in [0.15, 0.2) is 5.69 Å². The van der Waals surface area contributed by atoms with E-state index in [0.29, 0.717) is 26.1 Å². The summed E-state index contributed by atoms with van der Waals surface area (Å²) < 4.78 is 12.0. The first kappa shape index (κ1) is 15.7. The zero-order chi connectivity index (χ0) is 15.6. The van der Waals surface area contributed by atoms with Gasteiger partial charge in [0.1, 0.15) is 11.5 Å². The first-order valence-corrected chi connectivity index (χ1v) is 7.29. The second-order valence-electron chi connectivity index (χ2n) is 4.00. The molecule has 1 heterocycles. The highest BCUT2D eigenvalue weighted by Crippen LogP contribution is 2.37. The van der Waals surface area contributed by atoms with E-state index >= 15 is 0 Å². The number of hydrogen-bond donors (Lipinski definition) is 1. The number of aromatic nitrogens is 2. The van der Waals surface area contributed by atoms with Crippen molar-refractivity contribution in [2.75, 3.05) is 7.11 Å². The Hall–Kier alpha value is -1.67. The summed E-state index contributed by atoms with van der Waals surface area (Å²) in [7, 11) is 1.55. The van der Waals surface area contributed by atoms with Crippen LogP contribution in [0.3, 0.4) is 0 Å². The number of hydrogen-bond acceptors (Lipinski definition) is 5. The minimum atomic E-state index is -1.14. The normalized spacial score (nSPS) is 10.3. The third-order valence-electron chi connectivity index (χ3n) is 2.46. The van der Waals surface area contributed by atoms with E-state index in [0.717, 1.165) is 0 Å². The maximum Gasteiger partial charge on any atom is 0.354 e. The highest BCUT2D eigenvalue weighted by molar-refractivity contribution is 9.11. The number of carboxylic acid groups (broad SMARTS) is 1. The summed E-state index contributed by atoms with van der Waals surface area (Å²) in [4.78, 5) is 18.9. The van der Waals surface area contributed by atoms with Crippen molar-refractivity contribution in [1.29, 1.82) is 0 Å². The highest BCUT2D eigenvalue weighted by atomic mass is 79.9. The summed E-state index contributed by atoms with van der Waals surface area (Å²) in [5, 5.41) is 8.99. The third-order valence-corrected chi connectivity index (χ3v) is 3.70. The zero-order valence-corrected chi connectivity index (χ0v) is 14.2. The van der Waals surface area contributed by atoms with E-state index < -0.39 is 5.97 Å². The van der Waals surface area contributed by atoms with Gasteiger partial charge in [0, 0.05) is 11.8 Å². The molecule has 0 saturated heterocycles. The summed E-state index contributed by atoms with van der Waals surface area (Å²) in [5.74, 6) is -0.0736. The van der Waals surface area contributed by atoms with Crippen molar-refractivity contribution in [3.05, 3.63) is 38.5 Å². The second kappa shape index (κ2) is 6.40. The number of carboxylic acids is 1. The molecule has 0 fully saturated rings. The predicted octanol–water partition coefficient (Wildman–Crippen LogP) is 3.81. The molecule has 2 aromatic rings. The average molecular weight is 418 g/mol. The lowest BCUT2D eigenvalue weighted by atomic mass is 10.3. The van der Waals surface area contributed by atoms with Crippen LogP contribution in [0.5, 0.6) is 17.5 Å². The van der Waals surface area contributed by atoms with Gasteiger partial charge in [-0.25, -0.2) is 9.78 Å². The van der Waals surface area contributed by atoms with Gasteiger partial charge in [0.2, 0.25) is 0 Å². The fraction of sp³-hybridized carbons (Fsp3) is 0.154. The molecule has 0 atom stereocenters. The fourth-order valence-electron chi connectivity index (χ4n) is 1.54. The predicted molar refractivity (Wildman–Crippen MR) is 82.2 cm³/mol. The Morgan fingerprint density at radius 2 is 1.76 bits per heavy atom. The number of benzene rings is 1. The monoisotopic (exact) mass is 416 g/mol. The SMILES string of the molecule is COc1cc(Br)c(Oc2nc(C)cc(C(=O)O)n2)cc1Br. The summed E-state index contributed by atoms with van der Waals surface area (Å²) in [6.07, 6.45) is 0. The lowest BCUT2D eigenvalue weighted by molar-refractivity contribution is 0.0689. The van der Waals surface area contributed by atoms with Gasteiger partial charge < -0.3 is 14.6 Å². The van der Waals surface area contributed by atoms with Gasteiger partial charge in [-0.3, -0.25) is 0 Å². The van der Waals surface area contributed by atoms with Crippen molar-refractivity contribution >= 4 is 37.8 Å². The number of methoxy groups -OCH3 is 1. The Morgan fingerprint density at radius 1 is 1.14 bits per heavy atom. The van der Waals surface area contributed by atoms with Crippen molar-refractivity contribution in [3.8, 4) is 17.5 Å². The van der Waals surface area contributed by atoms with Crippen molar-refractivity contribution < 1.29 is 19.4 Å². The van der Waals surface area contributed by atoms with Crippen LogP contribution in [0.15, 0.2) is 27.1 Å². The number of nitrogens with zero attached hydrogens (tertiary/aromatic N) is 2. The van der Waals surface area contributed by atoms with Gasteiger partial charge >= 0.3 is 12.0 Å². The van der Waals surface area contributed by atoms with Crippen LogP contribution in [0, 0.1) is 6.92 Å². The van der Waals surface area contributed by atoms with Crippen LogP contribution in [-0.2, 0) is 0 Å². The number of ether oxygens (including phenoxy) is 2. The Kier molecular flexibility index (Phi) is 4.79. The van der Waals surface area contributed by atoms with Crippen LogP contribution in [0.25, 0.3) is 0 Å². The van der Waals surface area contributed by atoms with Gasteiger partial charge in [-0.15, -0.1) is 0 Å². The summed E-state index contributed by atoms with van der Waals surface area (Å²) >= 11 is 6.69. The first-order chi connectivity index (χ1) is 9.90. The van der Waals surface area contributed by atoms with Gasteiger partial charge in [-0.1, -0.05) is 0 Å². The molecule has 1 aromatic heterocycles. The van der Waals surface area contributed by atoms with E-state index in [1.807, 2.05) is 0 Å². The average Bonchev–Trinajstić information content (AvgIpc) is 2.41. The highest BCUT2D eigenvalue weighted by Gasteiger charge is 2.13. The van der Waals surface area contributed by atoms with Gasteiger partial charge in [0.25, 0.3) is 0 Å². The smallest absolute Gasteiger partial charge is 0.354 e. The molecule has 6 nitrogen and oxygen atoms in total. The Labute approximate surface area is 137 Å².